The Kier molecular flexibility index (Phi) is 22.1. The van der Waals surface area contributed by atoms with Crippen molar-refractivity contribution < 1.29 is 16.8 Å². The molecule has 0 saturated heterocycles. The van der Waals surface area contributed by atoms with Gasteiger partial charge in [0.25, 0.3) is 0 Å². The first kappa shape index (κ1) is 41.4. The van der Waals surface area contributed by atoms with Gasteiger partial charge in [0.05, 0.1) is 45.6 Å². The van der Waals surface area contributed by atoms with Crippen LogP contribution in [-0.4, -0.2) is 77.2 Å². The normalized spacial score (nSPS) is 12.5. The third kappa shape index (κ3) is 23.5. The molecular formula is C30H52CoN6Si2. The summed E-state index contributed by atoms with van der Waals surface area (Å²) in [6.07, 6.45) is 0. The zero-order valence-corrected chi connectivity index (χ0v) is 29.9. The maximum absolute atomic E-state index is 4.45. The molecule has 0 aromatic carbocycles. The smallest absolute Gasteiger partial charge is 0.342 e. The van der Waals surface area contributed by atoms with Crippen LogP contribution in [0.5, 0.6) is 0 Å². The van der Waals surface area contributed by atoms with Gasteiger partial charge in [0.15, 0.2) is 0 Å². The van der Waals surface area contributed by atoms with E-state index < -0.39 is 16.1 Å². The molecule has 2 aromatic heterocycles. The number of rotatable bonds is 4. The van der Waals surface area contributed by atoms with E-state index in [9.17, 15) is 0 Å². The van der Waals surface area contributed by atoms with Crippen LogP contribution in [-0.2, 0) is 16.8 Å². The van der Waals surface area contributed by atoms with Crippen LogP contribution < -0.4 is 0 Å². The molecule has 2 heterocycles. The van der Waals surface area contributed by atoms with Crippen LogP contribution in [0.15, 0.2) is 56.4 Å². The maximum Gasteiger partial charge on any atom is 2.00 e. The Labute approximate surface area is 252 Å². The van der Waals surface area contributed by atoms with Crippen LogP contribution in [0.3, 0.4) is 0 Å². The van der Waals surface area contributed by atoms with E-state index in [4.69, 9.17) is 0 Å². The first-order chi connectivity index (χ1) is 17.4. The molecule has 39 heavy (non-hydrogen) atoms. The average molecular weight is 612 g/mol. The molecule has 2 rings (SSSR count). The van der Waals surface area contributed by atoms with Gasteiger partial charge in [0.2, 0.25) is 0 Å². The zero-order valence-electron chi connectivity index (χ0n) is 26.9. The van der Waals surface area contributed by atoms with E-state index in [-0.39, 0.29) is 16.8 Å². The Morgan fingerprint density at radius 3 is 0.795 bits per heavy atom. The third-order valence-corrected chi connectivity index (χ3v) is 4.32. The van der Waals surface area contributed by atoms with Crippen LogP contribution >= 0.6 is 0 Å². The van der Waals surface area contributed by atoms with Gasteiger partial charge in [-0.25, -0.2) is 9.97 Å². The summed E-state index contributed by atoms with van der Waals surface area (Å²) in [7, 11) is 5.35. The quantitative estimate of drug-likeness (QED) is 0.207. The Morgan fingerprint density at radius 2 is 0.667 bits per heavy atom. The van der Waals surface area contributed by atoms with Gasteiger partial charge in [-0.3, -0.25) is 20.0 Å². The summed E-state index contributed by atoms with van der Waals surface area (Å²) in [6.45, 7) is 28.9. The van der Waals surface area contributed by atoms with E-state index in [1.165, 1.54) is 0 Å². The molecule has 2 aromatic rings. The molecule has 219 valence electrons. The fraction of sp³-hybridized carbons (Fsp3) is 0.467. The molecule has 0 aliphatic rings. The van der Waals surface area contributed by atoms with E-state index >= 15 is 0 Å². The summed E-state index contributed by atoms with van der Waals surface area (Å²) in [5.41, 5.74) is 7.40. The second kappa shape index (κ2) is 20.8. The van der Waals surface area contributed by atoms with Crippen LogP contribution in [0.2, 0.25) is 39.3 Å². The van der Waals surface area contributed by atoms with Crippen LogP contribution in [0.1, 0.15) is 50.5 Å². The average Bonchev–Trinajstić information content (AvgIpc) is 2.85. The molecule has 1 radical (unpaired) electrons. The number of hydrogen-bond donors (Lipinski definition) is 0. The van der Waals surface area contributed by atoms with Crippen LogP contribution in [0.4, 0.5) is 0 Å². The number of hydrogen-bond acceptors (Lipinski definition) is 6. The standard InChI is InChI=1S/2C11H15N3.2C4H11Si.Co/c2*1-8(12-3)10-6-5-7-11(14-10)9(2)13-4;2*1-5(2,3)4;/h2*5-7H,1-4H3;2*1H2,2-4H3;/q;;2*-1;+2. The van der Waals surface area contributed by atoms with Crippen molar-refractivity contribution >= 4 is 39.0 Å². The zero-order chi connectivity index (χ0) is 30.1. The minimum atomic E-state index is -0.861. The van der Waals surface area contributed by atoms with E-state index in [1.807, 2.05) is 64.1 Å². The van der Waals surface area contributed by atoms with Gasteiger partial charge in [-0.05, 0) is 52.0 Å². The molecule has 0 aliphatic heterocycles. The molecule has 0 saturated carbocycles. The Balaban J connectivity index is -0.000000488. The van der Waals surface area contributed by atoms with Gasteiger partial charge >= 0.3 is 16.8 Å². The Hall–Kier alpha value is -2.08. The van der Waals surface area contributed by atoms with Crippen LogP contribution in [0.25, 0.3) is 0 Å². The van der Waals surface area contributed by atoms with Crippen molar-refractivity contribution in [2.45, 2.75) is 67.0 Å². The minimum Gasteiger partial charge on any atom is -0.342 e. The summed E-state index contributed by atoms with van der Waals surface area (Å²) in [5, 5.41) is 0. The number of aliphatic imine (C=N–C) groups is 4. The first-order valence-corrected chi connectivity index (χ1v) is 20.2. The van der Waals surface area contributed by atoms with E-state index in [2.05, 4.69) is 82.3 Å². The molecule has 0 atom stereocenters. The van der Waals surface area contributed by atoms with Crippen molar-refractivity contribution in [2.75, 3.05) is 28.2 Å². The second-order valence-corrected chi connectivity index (χ2v) is 21.4. The number of nitrogens with zero attached hydrogens (tertiary/aromatic N) is 6. The van der Waals surface area contributed by atoms with E-state index in [1.54, 1.807) is 28.2 Å². The molecule has 0 spiro atoms. The Bertz CT molecular complexity index is 929. The van der Waals surface area contributed by atoms with E-state index in [0.29, 0.717) is 0 Å². The summed E-state index contributed by atoms with van der Waals surface area (Å²) >= 11 is 0. The summed E-state index contributed by atoms with van der Waals surface area (Å²) < 4.78 is 0. The van der Waals surface area contributed by atoms with Gasteiger partial charge in [0, 0.05) is 28.2 Å². The van der Waals surface area contributed by atoms with Gasteiger partial charge < -0.3 is 13.1 Å². The van der Waals surface area contributed by atoms with Crippen molar-refractivity contribution in [1.82, 2.24) is 9.97 Å². The largest absolute Gasteiger partial charge is 2.00 e. The van der Waals surface area contributed by atoms with Gasteiger partial charge in [-0.15, -0.1) is 16.1 Å². The fourth-order valence-corrected chi connectivity index (χ4v) is 2.13. The van der Waals surface area contributed by atoms with Gasteiger partial charge in [0.1, 0.15) is 0 Å². The van der Waals surface area contributed by atoms with Crippen molar-refractivity contribution in [3.05, 3.63) is 72.3 Å². The minimum absolute atomic E-state index is 0. The predicted octanol–water partition coefficient (Wildman–Crippen LogP) is 7.31. The maximum atomic E-state index is 4.45. The summed E-state index contributed by atoms with van der Waals surface area (Å²) in [4.78, 5) is 25.3. The van der Waals surface area contributed by atoms with Crippen molar-refractivity contribution in [2.24, 2.45) is 20.0 Å². The third-order valence-electron chi connectivity index (χ3n) is 4.32. The summed E-state index contributed by atoms with van der Waals surface area (Å²) in [5.74, 6) is 0. The fourth-order valence-electron chi connectivity index (χ4n) is 2.13. The molecule has 9 heteroatoms. The SMILES string of the molecule is CN=C(C)c1cccc(C(C)=NC)n1.CN=C(C)c1cccc(C(C)=NC)n1.[CH2-][Si](C)(C)C.[CH2-][Si](C)(C)C.[Co+2]. The molecule has 0 amide bonds. The predicted molar refractivity (Wildman–Crippen MR) is 178 cm³/mol. The Morgan fingerprint density at radius 1 is 0.513 bits per heavy atom. The monoisotopic (exact) mass is 611 g/mol. The van der Waals surface area contributed by atoms with Gasteiger partial charge in [-0.1, -0.05) is 51.4 Å². The van der Waals surface area contributed by atoms with Crippen LogP contribution in [0, 0.1) is 13.1 Å². The first-order valence-electron chi connectivity index (χ1n) is 12.8. The molecule has 0 unspecified atom stereocenters. The molecule has 0 N–H and O–H groups in total. The van der Waals surface area contributed by atoms with E-state index in [0.717, 1.165) is 45.6 Å². The molecule has 6 nitrogen and oxygen atoms in total. The topological polar surface area (TPSA) is 75.2 Å². The van der Waals surface area contributed by atoms with Gasteiger partial charge in [-0.2, -0.15) is 0 Å². The van der Waals surface area contributed by atoms with Crippen molar-refractivity contribution in [3.63, 3.8) is 0 Å². The second-order valence-electron chi connectivity index (χ2n) is 11.2. The van der Waals surface area contributed by atoms with Crippen molar-refractivity contribution in [3.8, 4) is 0 Å². The van der Waals surface area contributed by atoms with Crippen molar-refractivity contribution in [1.29, 1.82) is 0 Å². The molecule has 0 fully saturated rings. The molecule has 0 aliphatic carbocycles. The molecular weight excluding hydrogens is 559 g/mol. The number of pyridine rings is 2. The summed E-state index contributed by atoms with van der Waals surface area (Å²) in [6, 6.07) is 11.8. The molecule has 0 bridgehead atoms. The number of aromatic nitrogens is 2.